The smallest absolute Gasteiger partial charge is 0.225 e. The van der Waals surface area contributed by atoms with Crippen LogP contribution in [-0.2, 0) is 21.7 Å². The van der Waals surface area contributed by atoms with Crippen LogP contribution in [0.15, 0.2) is 42.9 Å². The summed E-state index contributed by atoms with van der Waals surface area (Å²) in [5, 5.41) is 21.9. The van der Waals surface area contributed by atoms with Crippen molar-refractivity contribution in [3.8, 4) is 22.9 Å². The third-order valence-electron chi connectivity index (χ3n) is 8.37. The number of benzene rings is 1. The molecule has 1 N–H and O–H groups in total. The summed E-state index contributed by atoms with van der Waals surface area (Å²) in [5.41, 5.74) is 4.00. The topological polar surface area (TPSA) is 126 Å². The molecule has 6 rings (SSSR count). The fourth-order valence-electron chi connectivity index (χ4n) is 5.86. The lowest BCUT2D eigenvalue weighted by molar-refractivity contribution is -0.127. The van der Waals surface area contributed by atoms with Gasteiger partial charge in [-0.1, -0.05) is 25.0 Å². The van der Waals surface area contributed by atoms with Crippen LogP contribution in [-0.4, -0.2) is 64.0 Å². The lowest BCUT2D eigenvalue weighted by Crippen LogP contribution is -2.42. The lowest BCUT2D eigenvalue weighted by Gasteiger charge is -2.31. The van der Waals surface area contributed by atoms with Gasteiger partial charge >= 0.3 is 0 Å². The Hall–Kier alpha value is -3.65. The van der Waals surface area contributed by atoms with Gasteiger partial charge in [0.25, 0.3) is 0 Å². The van der Waals surface area contributed by atoms with E-state index in [1.807, 2.05) is 36.3 Å². The summed E-state index contributed by atoms with van der Waals surface area (Å²) < 4.78 is 27.3. The van der Waals surface area contributed by atoms with Gasteiger partial charge in [0.15, 0.2) is 9.84 Å². The predicted molar refractivity (Wildman–Crippen MR) is 147 cm³/mol. The quantitative estimate of drug-likeness (QED) is 0.503. The van der Waals surface area contributed by atoms with Gasteiger partial charge in [-0.2, -0.15) is 15.5 Å². The van der Waals surface area contributed by atoms with Crippen LogP contribution >= 0.6 is 0 Å². The molecule has 1 aliphatic heterocycles. The first-order valence-electron chi connectivity index (χ1n) is 13.6. The molecule has 3 heterocycles. The van der Waals surface area contributed by atoms with Crippen LogP contribution in [0.2, 0.25) is 0 Å². The fraction of sp³-hybridized carbons (Fsp3) is 0.500. The number of anilines is 1. The average Bonchev–Trinajstić information content (AvgIpc) is 3.35. The number of carbonyl (C=O) groups excluding carboxylic acids is 1. The van der Waals surface area contributed by atoms with E-state index in [4.69, 9.17) is 5.10 Å². The van der Waals surface area contributed by atoms with Crippen molar-refractivity contribution < 1.29 is 13.2 Å². The molecule has 0 radical (unpaired) electrons. The zero-order valence-electron chi connectivity index (χ0n) is 22.1. The Morgan fingerprint density at radius 2 is 1.79 bits per heavy atom. The van der Waals surface area contributed by atoms with Gasteiger partial charge in [-0.15, -0.1) is 0 Å². The van der Waals surface area contributed by atoms with Gasteiger partial charge < -0.3 is 10.2 Å². The molecule has 0 bridgehead atoms. The Balaban J connectivity index is 1.34. The average molecular weight is 548 g/mol. The summed E-state index contributed by atoms with van der Waals surface area (Å²) in [6.07, 6.45) is 10.7. The van der Waals surface area contributed by atoms with Crippen LogP contribution in [0.1, 0.15) is 50.1 Å². The van der Waals surface area contributed by atoms with E-state index in [0.717, 1.165) is 53.9 Å². The third-order valence-corrected chi connectivity index (χ3v) is 9.98. The highest BCUT2D eigenvalue weighted by Crippen LogP contribution is 2.43. The Bertz CT molecular complexity index is 1520. The van der Waals surface area contributed by atoms with Crippen molar-refractivity contribution in [2.24, 2.45) is 13.0 Å². The number of nitrogens with one attached hydrogen (secondary N) is 1. The van der Waals surface area contributed by atoms with Crippen molar-refractivity contribution in [2.75, 3.05) is 29.5 Å². The second kappa shape index (κ2) is 9.83. The predicted octanol–water partition coefficient (Wildman–Crippen LogP) is 2.95. The van der Waals surface area contributed by atoms with Gasteiger partial charge in [0.1, 0.15) is 11.2 Å². The molecule has 10 nitrogen and oxygen atoms in total. The summed E-state index contributed by atoms with van der Waals surface area (Å²) in [7, 11) is -1.08. The van der Waals surface area contributed by atoms with Gasteiger partial charge in [-0.05, 0) is 43.4 Å². The molecule has 3 fully saturated rings. The minimum Gasteiger partial charge on any atom is -0.369 e. The molecule has 3 aromatic rings. The van der Waals surface area contributed by atoms with Crippen molar-refractivity contribution in [2.45, 2.75) is 50.0 Å². The molecule has 0 unspecified atom stereocenters. The number of hydrogen-bond acceptors (Lipinski definition) is 7. The van der Waals surface area contributed by atoms with Gasteiger partial charge in [0.05, 0.1) is 35.7 Å². The minimum absolute atomic E-state index is 0.0453. The SMILES string of the molecule is Cn1cc(-n2cc(-c3ccc(N4CCS(=O)(=O)CC4)cc3)c([C@@H]3CCCC[C@H]3C(=O)NC3(C#N)CC3)n2)cn1. The molecule has 3 aliphatic rings. The molecule has 2 aromatic heterocycles. The first-order chi connectivity index (χ1) is 18.8. The summed E-state index contributed by atoms with van der Waals surface area (Å²) in [6, 6.07) is 10.5. The van der Waals surface area contributed by atoms with E-state index in [-0.39, 0.29) is 29.2 Å². The Morgan fingerprint density at radius 3 is 2.44 bits per heavy atom. The molecule has 2 saturated carbocycles. The Labute approximate surface area is 228 Å². The van der Waals surface area contributed by atoms with Crippen molar-refractivity contribution in [1.29, 1.82) is 5.26 Å². The van der Waals surface area contributed by atoms with Crippen molar-refractivity contribution in [3.63, 3.8) is 0 Å². The third kappa shape index (κ3) is 5.17. The van der Waals surface area contributed by atoms with E-state index >= 15 is 0 Å². The highest BCUT2D eigenvalue weighted by Gasteiger charge is 2.47. The first kappa shape index (κ1) is 25.6. The number of aromatic nitrogens is 4. The molecule has 0 spiro atoms. The van der Waals surface area contributed by atoms with E-state index in [2.05, 4.69) is 33.5 Å². The van der Waals surface area contributed by atoms with Gasteiger partial charge in [-0.3, -0.25) is 9.48 Å². The molecule has 1 aromatic carbocycles. The maximum atomic E-state index is 13.4. The number of sulfone groups is 1. The lowest BCUT2D eigenvalue weighted by atomic mass is 9.75. The van der Waals surface area contributed by atoms with Crippen molar-refractivity contribution in [1.82, 2.24) is 24.9 Å². The number of nitrogens with zero attached hydrogens (tertiary/aromatic N) is 6. The maximum Gasteiger partial charge on any atom is 0.225 e. The summed E-state index contributed by atoms with van der Waals surface area (Å²) >= 11 is 0. The largest absolute Gasteiger partial charge is 0.369 e. The van der Waals surface area contributed by atoms with Gasteiger partial charge in [0.2, 0.25) is 5.91 Å². The van der Waals surface area contributed by atoms with Crippen LogP contribution in [0, 0.1) is 17.2 Å². The second-order valence-electron chi connectivity index (χ2n) is 11.1. The zero-order chi connectivity index (χ0) is 27.2. The second-order valence-corrected chi connectivity index (χ2v) is 13.4. The molecule has 11 heteroatoms. The summed E-state index contributed by atoms with van der Waals surface area (Å²) in [4.78, 5) is 15.5. The monoisotopic (exact) mass is 547 g/mol. The number of nitriles is 1. The molecule has 39 heavy (non-hydrogen) atoms. The summed E-state index contributed by atoms with van der Waals surface area (Å²) in [5.74, 6) is 0.00333. The van der Waals surface area contributed by atoms with Gasteiger partial charge in [0, 0.05) is 49.4 Å². The fourth-order valence-corrected chi connectivity index (χ4v) is 7.06. The molecular weight excluding hydrogens is 514 g/mol. The van der Waals surface area contributed by atoms with Crippen LogP contribution in [0.3, 0.4) is 0 Å². The van der Waals surface area contributed by atoms with E-state index < -0.39 is 15.4 Å². The van der Waals surface area contributed by atoms with E-state index in [1.165, 1.54) is 0 Å². The van der Waals surface area contributed by atoms with E-state index in [1.54, 1.807) is 10.9 Å². The minimum atomic E-state index is -2.95. The maximum absolute atomic E-state index is 13.4. The Kier molecular flexibility index (Phi) is 6.46. The number of amides is 1. The van der Waals surface area contributed by atoms with Crippen molar-refractivity contribution >= 4 is 21.4 Å². The van der Waals surface area contributed by atoms with E-state index in [0.29, 0.717) is 25.9 Å². The standard InChI is InChI=1S/C28H33N7O3S/c1-33-17-22(16-30-33)35-18-25(20-6-8-21(9-7-20)34-12-14-39(37,38)15-13-34)26(32-35)23-4-2-3-5-24(23)27(36)31-28(19-29)10-11-28/h6-9,16-18,23-24H,2-5,10-15H2,1H3,(H,31,36)/t23-,24-/m1/s1. The molecule has 1 amide bonds. The number of hydrogen-bond donors (Lipinski definition) is 1. The normalized spacial score (nSPS) is 23.6. The highest BCUT2D eigenvalue weighted by molar-refractivity contribution is 7.91. The number of aryl methyl sites for hydroxylation is 1. The number of carbonyl (C=O) groups is 1. The zero-order valence-corrected chi connectivity index (χ0v) is 22.9. The molecule has 1 saturated heterocycles. The molecule has 2 aliphatic carbocycles. The Morgan fingerprint density at radius 1 is 1.08 bits per heavy atom. The highest BCUT2D eigenvalue weighted by atomic mass is 32.2. The number of rotatable bonds is 6. The van der Waals surface area contributed by atoms with Crippen LogP contribution in [0.25, 0.3) is 16.8 Å². The molecule has 204 valence electrons. The summed E-state index contributed by atoms with van der Waals surface area (Å²) in [6.45, 7) is 0.990. The molecule has 2 atom stereocenters. The van der Waals surface area contributed by atoms with Gasteiger partial charge in [-0.25, -0.2) is 13.1 Å². The molecular formula is C28H33N7O3S. The van der Waals surface area contributed by atoms with Crippen LogP contribution < -0.4 is 10.2 Å². The van der Waals surface area contributed by atoms with Crippen LogP contribution in [0.5, 0.6) is 0 Å². The van der Waals surface area contributed by atoms with E-state index in [9.17, 15) is 18.5 Å². The van der Waals surface area contributed by atoms with Crippen molar-refractivity contribution in [3.05, 3.63) is 48.5 Å². The first-order valence-corrected chi connectivity index (χ1v) is 15.5. The van der Waals surface area contributed by atoms with Crippen LogP contribution in [0.4, 0.5) is 5.69 Å².